The lowest BCUT2D eigenvalue weighted by Gasteiger charge is -2.36. The van der Waals surface area contributed by atoms with Crippen molar-refractivity contribution in [2.24, 2.45) is 11.8 Å². The van der Waals surface area contributed by atoms with Gasteiger partial charge in [0.05, 0.1) is 0 Å². The van der Waals surface area contributed by atoms with Gasteiger partial charge in [-0.05, 0) is 50.5 Å². The fraction of sp³-hybridized carbons (Fsp3) is 1.00. The zero-order chi connectivity index (χ0) is 17.7. The molecule has 2 rings (SSSR count). The van der Waals surface area contributed by atoms with Gasteiger partial charge >= 0.3 is 0 Å². The molecular weight excluding hydrogens is 306 g/mol. The molecule has 0 spiro atoms. The Hall–Kier alpha value is -0.120. The van der Waals surface area contributed by atoms with Crippen LogP contribution in [0, 0.1) is 11.8 Å². The monoisotopic (exact) mass is 351 g/mol. The van der Waals surface area contributed by atoms with Crippen LogP contribution in [0.1, 0.15) is 104 Å². The molecule has 4 atom stereocenters. The van der Waals surface area contributed by atoms with Crippen LogP contribution >= 0.6 is 0 Å². The van der Waals surface area contributed by atoms with Crippen molar-refractivity contribution in [2.45, 2.75) is 116 Å². The Labute approximate surface area is 157 Å². The Balaban J connectivity index is 1.81. The second-order valence-corrected chi connectivity index (χ2v) is 8.60. The second-order valence-electron chi connectivity index (χ2n) is 8.60. The first-order valence-corrected chi connectivity index (χ1v) is 11.6. The lowest BCUT2D eigenvalue weighted by molar-refractivity contribution is 0.208. The summed E-state index contributed by atoms with van der Waals surface area (Å²) in [5, 5.41) is 4.03. The van der Waals surface area contributed by atoms with Crippen LogP contribution in [0.5, 0.6) is 0 Å². The molecular formula is C22H45N3. The molecule has 2 fully saturated rings. The predicted octanol–water partition coefficient (Wildman–Crippen LogP) is 5.17. The molecule has 3 nitrogen and oxygen atoms in total. The van der Waals surface area contributed by atoms with E-state index in [1.807, 2.05) is 0 Å². The van der Waals surface area contributed by atoms with Crippen molar-refractivity contribution >= 4 is 0 Å². The molecule has 25 heavy (non-hydrogen) atoms. The average molecular weight is 352 g/mol. The molecule has 0 aromatic heterocycles. The van der Waals surface area contributed by atoms with Crippen molar-refractivity contribution in [3.63, 3.8) is 0 Å². The lowest BCUT2D eigenvalue weighted by Crippen LogP contribution is -2.51. The van der Waals surface area contributed by atoms with Gasteiger partial charge in [0, 0.05) is 18.6 Å². The number of hydrazine groups is 1. The van der Waals surface area contributed by atoms with Gasteiger partial charge in [0.15, 0.2) is 0 Å². The topological polar surface area (TPSA) is 36.1 Å². The molecule has 0 amide bonds. The van der Waals surface area contributed by atoms with Crippen molar-refractivity contribution in [1.29, 1.82) is 0 Å². The van der Waals surface area contributed by atoms with E-state index in [1.54, 1.807) is 0 Å². The fourth-order valence-electron chi connectivity index (χ4n) is 4.93. The fourth-order valence-corrected chi connectivity index (χ4v) is 4.93. The average Bonchev–Trinajstić information content (AvgIpc) is 2.57. The molecule has 3 heteroatoms. The molecule has 0 aromatic rings. The third-order valence-electron chi connectivity index (χ3n) is 6.68. The molecule has 0 bridgehead atoms. The maximum Gasteiger partial charge on any atom is 0.0253 e. The number of hydrogen-bond donors (Lipinski definition) is 3. The summed E-state index contributed by atoms with van der Waals surface area (Å²) >= 11 is 0. The highest BCUT2D eigenvalue weighted by Crippen LogP contribution is 2.26. The number of unbranched alkanes of at least 4 members (excludes halogenated alkanes) is 3. The Morgan fingerprint density at radius 3 is 2.56 bits per heavy atom. The molecule has 2 heterocycles. The van der Waals surface area contributed by atoms with Crippen LogP contribution in [0.2, 0.25) is 0 Å². The summed E-state index contributed by atoms with van der Waals surface area (Å²) in [4.78, 5) is 0. The minimum atomic E-state index is 0.663. The summed E-state index contributed by atoms with van der Waals surface area (Å²) < 4.78 is 0. The van der Waals surface area contributed by atoms with Crippen molar-refractivity contribution in [2.75, 3.05) is 13.1 Å². The van der Waals surface area contributed by atoms with Crippen LogP contribution in [0.15, 0.2) is 0 Å². The first-order valence-electron chi connectivity index (χ1n) is 11.6. The third-order valence-corrected chi connectivity index (χ3v) is 6.68. The SMILES string of the molecule is CCCCCCC(CC)C1CCCCC([C@@H]2CCCCCNN2)CN1. The van der Waals surface area contributed by atoms with E-state index in [0.29, 0.717) is 6.04 Å². The minimum Gasteiger partial charge on any atom is -0.313 e. The molecule has 0 aromatic carbocycles. The van der Waals surface area contributed by atoms with Gasteiger partial charge < -0.3 is 5.32 Å². The van der Waals surface area contributed by atoms with Gasteiger partial charge in [-0.25, -0.2) is 0 Å². The maximum atomic E-state index is 4.03. The van der Waals surface area contributed by atoms with E-state index in [4.69, 9.17) is 0 Å². The molecule has 148 valence electrons. The Morgan fingerprint density at radius 2 is 1.72 bits per heavy atom. The van der Waals surface area contributed by atoms with Crippen LogP contribution in [0.4, 0.5) is 0 Å². The molecule has 0 saturated carbocycles. The summed E-state index contributed by atoms with van der Waals surface area (Å²) in [7, 11) is 0. The van der Waals surface area contributed by atoms with Gasteiger partial charge in [0.1, 0.15) is 0 Å². The summed E-state index contributed by atoms with van der Waals surface area (Å²) in [5.74, 6) is 1.69. The van der Waals surface area contributed by atoms with E-state index in [2.05, 4.69) is 30.0 Å². The van der Waals surface area contributed by atoms with Crippen LogP contribution in [-0.2, 0) is 0 Å². The van der Waals surface area contributed by atoms with Gasteiger partial charge in [0.25, 0.3) is 0 Å². The number of hydrogen-bond acceptors (Lipinski definition) is 3. The van der Waals surface area contributed by atoms with Crippen molar-refractivity contribution in [3.05, 3.63) is 0 Å². The largest absolute Gasteiger partial charge is 0.313 e. The van der Waals surface area contributed by atoms with Gasteiger partial charge in [-0.2, -0.15) is 0 Å². The van der Waals surface area contributed by atoms with E-state index >= 15 is 0 Å². The Morgan fingerprint density at radius 1 is 0.880 bits per heavy atom. The second kappa shape index (κ2) is 13.1. The van der Waals surface area contributed by atoms with Gasteiger partial charge in [-0.1, -0.05) is 71.6 Å². The quantitative estimate of drug-likeness (QED) is 0.528. The molecule has 2 aliphatic heterocycles. The molecule has 3 unspecified atom stereocenters. The smallest absolute Gasteiger partial charge is 0.0253 e. The zero-order valence-corrected chi connectivity index (χ0v) is 17.1. The highest BCUT2D eigenvalue weighted by Gasteiger charge is 2.27. The summed E-state index contributed by atoms with van der Waals surface area (Å²) in [5.41, 5.74) is 7.13. The maximum absolute atomic E-state index is 4.03. The van der Waals surface area contributed by atoms with Gasteiger partial charge in [0.2, 0.25) is 0 Å². The zero-order valence-electron chi connectivity index (χ0n) is 17.1. The van der Waals surface area contributed by atoms with Crippen LogP contribution in [0.3, 0.4) is 0 Å². The molecule has 2 aliphatic rings. The Kier molecular flexibility index (Phi) is 11.1. The minimum absolute atomic E-state index is 0.663. The van der Waals surface area contributed by atoms with Gasteiger partial charge in [-0.3, -0.25) is 10.9 Å². The number of nitrogens with one attached hydrogen (secondary N) is 3. The van der Waals surface area contributed by atoms with Crippen molar-refractivity contribution in [3.8, 4) is 0 Å². The highest BCUT2D eigenvalue weighted by atomic mass is 15.4. The molecule has 2 saturated heterocycles. The first-order chi connectivity index (χ1) is 12.3. The van der Waals surface area contributed by atoms with E-state index in [1.165, 1.54) is 96.4 Å². The van der Waals surface area contributed by atoms with Crippen molar-refractivity contribution < 1.29 is 0 Å². The predicted molar refractivity (Wildman–Crippen MR) is 110 cm³/mol. The lowest BCUT2D eigenvalue weighted by atomic mass is 9.83. The summed E-state index contributed by atoms with van der Waals surface area (Å²) in [6.07, 6.45) is 19.5. The van der Waals surface area contributed by atoms with Crippen LogP contribution in [0.25, 0.3) is 0 Å². The molecule has 0 radical (unpaired) electrons. The van der Waals surface area contributed by atoms with E-state index in [9.17, 15) is 0 Å². The first kappa shape index (κ1) is 21.2. The van der Waals surface area contributed by atoms with Gasteiger partial charge in [-0.15, -0.1) is 0 Å². The van der Waals surface area contributed by atoms with E-state index < -0.39 is 0 Å². The summed E-state index contributed by atoms with van der Waals surface area (Å²) in [6.45, 7) is 7.07. The standard InChI is InChI=1S/C22H45N3/c1-3-5-6-8-13-19(4-2)21-15-11-10-14-20(18-23-21)22-16-9-7-12-17-24-25-22/h19-25H,3-18H2,1-2H3/t19?,20?,21?,22-/m0/s1. The van der Waals surface area contributed by atoms with Crippen LogP contribution in [-0.4, -0.2) is 25.2 Å². The molecule has 0 aliphatic carbocycles. The Bertz CT molecular complexity index is 312. The third kappa shape index (κ3) is 7.97. The number of rotatable bonds is 8. The van der Waals surface area contributed by atoms with E-state index in [0.717, 1.165) is 24.4 Å². The van der Waals surface area contributed by atoms with E-state index in [-0.39, 0.29) is 0 Å². The van der Waals surface area contributed by atoms with Crippen molar-refractivity contribution in [1.82, 2.24) is 16.2 Å². The normalized spacial score (nSPS) is 30.7. The summed E-state index contributed by atoms with van der Waals surface area (Å²) in [6, 6.07) is 1.42. The highest BCUT2D eigenvalue weighted by molar-refractivity contribution is 4.84. The van der Waals surface area contributed by atoms with Crippen LogP contribution < -0.4 is 16.2 Å². The molecule has 3 N–H and O–H groups in total.